The highest BCUT2D eigenvalue weighted by Gasteiger charge is 2.37. The number of carbonyl (C=O) groups excluding carboxylic acids is 2. The van der Waals surface area contributed by atoms with Crippen molar-refractivity contribution in [3.05, 3.63) is 0 Å². The Morgan fingerprint density at radius 3 is 2.58 bits per heavy atom. The van der Waals surface area contributed by atoms with E-state index in [-0.39, 0.29) is 17.9 Å². The third-order valence-electron chi connectivity index (χ3n) is 2.01. The predicted octanol–water partition coefficient (Wildman–Crippen LogP) is 1.01. The van der Waals surface area contributed by atoms with Crippen LogP contribution >= 0.6 is 0 Å². The van der Waals surface area contributed by atoms with Crippen LogP contribution in [0, 0.1) is 5.92 Å². The number of nitrogens with zero attached hydrogens (tertiary/aromatic N) is 1. The smallest absolute Gasteiger partial charge is 0.416 e. The van der Waals surface area contributed by atoms with Crippen LogP contribution in [0.3, 0.4) is 0 Å². The van der Waals surface area contributed by atoms with Crippen molar-refractivity contribution in [2.75, 3.05) is 6.61 Å². The molecular formula is C8H13NO3. The summed E-state index contributed by atoms with van der Waals surface area (Å²) in [6, 6.07) is -0.0880. The fourth-order valence-electron chi connectivity index (χ4n) is 1.29. The molecule has 1 fully saturated rings. The second kappa shape index (κ2) is 3.13. The van der Waals surface area contributed by atoms with Gasteiger partial charge in [0.1, 0.15) is 6.61 Å². The van der Waals surface area contributed by atoms with E-state index in [1.807, 2.05) is 13.8 Å². The first-order valence-corrected chi connectivity index (χ1v) is 4.00. The molecule has 0 N–H and O–H groups in total. The minimum atomic E-state index is -0.513. The summed E-state index contributed by atoms with van der Waals surface area (Å²) in [4.78, 5) is 23.2. The van der Waals surface area contributed by atoms with Crippen molar-refractivity contribution in [1.29, 1.82) is 0 Å². The zero-order valence-electron chi connectivity index (χ0n) is 7.53. The van der Waals surface area contributed by atoms with Crippen LogP contribution in [0.4, 0.5) is 4.79 Å². The van der Waals surface area contributed by atoms with E-state index in [1.54, 1.807) is 0 Å². The summed E-state index contributed by atoms with van der Waals surface area (Å²) >= 11 is 0. The second-order valence-electron chi connectivity index (χ2n) is 3.28. The standard InChI is InChI=1S/C8H13NO3/c1-5(2)7-4-12-8(11)9(7)6(3)10/h5,7H,4H2,1-3H3/t7-/m1/s1. The van der Waals surface area contributed by atoms with Gasteiger partial charge in [0.25, 0.3) is 0 Å². The Morgan fingerprint density at radius 1 is 1.67 bits per heavy atom. The lowest BCUT2D eigenvalue weighted by molar-refractivity contribution is -0.127. The van der Waals surface area contributed by atoms with Crippen molar-refractivity contribution in [3.63, 3.8) is 0 Å². The van der Waals surface area contributed by atoms with Gasteiger partial charge < -0.3 is 4.74 Å². The highest BCUT2D eigenvalue weighted by Crippen LogP contribution is 2.19. The summed E-state index contributed by atoms with van der Waals surface area (Å²) in [6.07, 6.45) is -0.513. The Balaban J connectivity index is 2.77. The molecule has 0 spiro atoms. The maximum absolute atomic E-state index is 11.0. The molecule has 0 bridgehead atoms. The van der Waals surface area contributed by atoms with Gasteiger partial charge >= 0.3 is 6.09 Å². The van der Waals surface area contributed by atoms with Gasteiger partial charge in [-0.3, -0.25) is 4.79 Å². The first kappa shape index (κ1) is 9.03. The normalized spacial score (nSPS) is 23.2. The third-order valence-corrected chi connectivity index (χ3v) is 2.01. The Hall–Kier alpha value is -1.06. The summed E-state index contributed by atoms with van der Waals surface area (Å²) in [6.45, 7) is 5.63. The van der Waals surface area contributed by atoms with Crippen molar-refractivity contribution >= 4 is 12.0 Å². The molecule has 0 saturated carbocycles. The Bertz CT molecular complexity index is 212. The summed E-state index contributed by atoms with van der Waals surface area (Å²) in [5, 5.41) is 0. The molecule has 2 amide bonds. The van der Waals surface area contributed by atoms with Gasteiger partial charge in [-0.2, -0.15) is 0 Å². The molecule has 0 unspecified atom stereocenters. The average Bonchev–Trinajstić information content (AvgIpc) is 2.30. The number of hydrogen-bond acceptors (Lipinski definition) is 3. The van der Waals surface area contributed by atoms with E-state index in [4.69, 9.17) is 4.74 Å². The summed E-state index contributed by atoms with van der Waals surface area (Å²) < 4.78 is 4.77. The molecule has 4 heteroatoms. The van der Waals surface area contributed by atoms with E-state index in [9.17, 15) is 9.59 Å². The van der Waals surface area contributed by atoms with Crippen LogP contribution in [0.1, 0.15) is 20.8 Å². The molecule has 1 heterocycles. The first-order chi connectivity index (χ1) is 5.54. The Kier molecular flexibility index (Phi) is 2.35. The molecule has 12 heavy (non-hydrogen) atoms. The van der Waals surface area contributed by atoms with Crippen LogP contribution in [0.25, 0.3) is 0 Å². The molecule has 1 rings (SSSR count). The monoisotopic (exact) mass is 171 g/mol. The zero-order chi connectivity index (χ0) is 9.30. The number of amides is 2. The molecule has 0 aromatic heterocycles. The number of carbonyl (C=O) groups is 2. The van der Waals surface area contributed by atoms with Gasteiger partial charge in [-0.25, -0.2) is 9.69 Å². The molecule has 1 aliphatic rings. The lowest BCUT2D eigenvalue weighted by Gasteiger charge is -2.20. The molecule has 0 aliphatic carbocycles. The quantitative estimate of drug-likeness (QED) is 0.591. The van der Waals surface area contributed by atoms with Crippen LogP contribution < -0.4 is 0 Å². The van der Waals surface area contributed by atoms with Crippen molar-refractivity contribution in [1.82, 2.24) is 4.90 Å². The fourth-order valence-corrected chi connectivity index (χ4v) is 1.29. The summed E-state index contributed by atoms with van der Waals surface area (Å²) in [7, 11) is 0. The van der Waals surface area contributed by atoms with Gasteiger partial charge in [0, 0.05) is 6.92 Å². The Morgan fingerprint density at radius 2 is 2.25 bits per heavy atom. The number of rotatable bonds is 1. The first-order valence-electron chi connectivity index (χ1n) is 4.00. The summed E-state index contributed by atoms with van der Waals surface area (Å²) in [5.41, 5.74) is 0. The maximum Gasteiger partial charge on any atom is 0.416 e. The molecule has 1 saturated heterocycles. The molecule has 0 aromatic carbocycles. The maximum atomic E-state index is 11.0. The number of cyclic esters (lactones) is 1. The van der Waals surface area contributed by atoms with Crippen molar-refractivity contribution in [2.24, 2.45) is 5.92 Å². The Labute approximate surface area is 71.5 Å². The van der Waals surface area contributed by atoms with Gasteiger partial charge in [-0.15, -0.1) is 0 Å². The number of ether oxygens (including phenoxy) is 1. The zero-order valence-corrected chi connectivity index (χ0v) is 7.53. The lowest BCUT2D eigenvalue weighted by atomic mass is 10.1. The minimum Gasteiger partial charge on any atom is -0.447 e. The van der Waals surface area contributed by atoms with E-state index in [2.05, 4.69) is 0 Å². The van der Waals surface area contributed by atoms with Gasteiger partial charge in [-0.05, 0) is 5.92 Å². The topological polar surface area (TPSA) is 46.6 Å². The van der Waals surface area contributed by atoms with E-state index in [0.717, 1.165) is 0 Å². The lowest BCUT2D eigenvalue weighted by Crippen LogP contribution is -2.40. The van der Waals surface area contributed by atoms with Gasteiger partial charge in [0.15, 0.2) is 0 Å². The average molecular weight is 171 g/mol. The van der Waals surface area contributed by atoms with Crippen molar-refractivity contribution in [2.45, 2.75) is 26.8 Å². The number of hydrogen-bond donors (Lipinski definition) is 0. The van der Waals surface area contributed by atoms with Crippen LogP contribution in [0.5, 0.6) is 0 Å². The van der Waals surface area contributed by atoms with E-state index in [1.165, 1.54) is 11.8 Å². The largest absolute Gasteiger partial charge is 0.447 e. The van der Waals surface area contributed by atoms with Crippen molar-refractivity contribution < 1.29 is 14.3 Å². The van der Waals surface area contributed by atoms with Crippen LogP contribution in [-0.2, 0) is 9.53 Å². The minimum absolute atomic E-state index is 0.0880. The van der Waals surface area contributed by atoms with Gasteiger partial charge in [-0.1, -0.05) is 13.8 Å². The molecule has 4 nitrogen and oxygen atoms in total. The SMILES string of the molecule is CC(=O)N1C(=O)OC[C@@H]1C(C)C. The third kappa shape index (κ3) is 1.42. The molecule has 1 aliphatic heterocycles. The predicted molar refractivity (Wildman–Crippen MR) is 42.5 cm³/mol. The fraction of sp³-hybridized carbons (Fsp3) is 0.750. The highest BCUT2D eigenvalue weighted by atomic mass is 16.6. The van der Waals surface area contributed by atoms with E-state index in [0.29, 0.717) is 6.61 Å². The number of imide groups is 1. The highest BCUT2D eigenvalue weighted by molar-refractivity contribution is 5.92. The van der Waals surface area contributed by atoms with Crippen LogP contribution in [-0.4, -0.2) is 29.5 Å². The van der Waals surface area contributed by atoms with Crippen LogP contribution in [0.2, 0.25) is 0 Å². The molecule has 0 aromatic rings. The molecular weight excluding hydrogens is 158 g/mol. The van der Waals surface area contributed by atoms with Gasteiger partial charge in [0.05, 0.1) is 6.04 Å². The summed E-state index contributed by atoms with van der Waals surface area (Å²) in [5.74, 6) is 0.0107. The van der Waals surface area contributed by atoms with E-state index >= 15 is 0 Å². The van der Waals surface area contributed by atoms with Crippen LogP contribution in [0.15, 0.2) is 0 Å². The second-order valence-corrected chi connectivity index (χ2v) is 3.28. The molecule has 0 radical (unpaired) electrons. The van der Waals surface area contributed by atoms with E-state index < -0.39 is 6.09 Å². The van der Waals surface area contributed by atoms with Crippen molar-refractivity contribution in [3.8, 4) is 0 Å². The van der Waals surface area contributed by atoms with Gasteiger partial charge in [0.2, 0.25) is 5.91 Å². The molecule has 68 valence electrons. The molecule has 1 atom stereocenters.